The zero-order valence-corrected chi connectivity index (χ0v) is 13.5. The lowest BCUT2D eigenvalue weighted by molar-refractivity contribution is 0.188. The fourth-order valence-electron chi connectivity index (χ4n) is 3.60. The van der Waals surface area contributed by atoms with Crippen LogP contribution in [-0.2, 0) is 6.42 Å². The van der Waals surface area contributed by atoms with Crippen molar-refractivity contribution in [1.82, 2.24) is 10.2 Å². The molecule has 1 saturated heterocycles. The van der Waals surface area contributed by atoms with Crippen LogP contribution in [0.15, 0.2) is 29.3 Å². The fraction of sp³-hybridized carbons (Fsp3) is 0.611. The quantitative estimate of drug-likeness (QED) is 0.664. The SMILES string of the molecule is CCNC(=NCC1CCCc2ccccc21)N1CC[C@@H](O)C1. The van der Waals surface area contributed by atoms with Gasteiger partial charge in [-0.3, -0.25) is 4.99 Å². The third kappa shape index (κ3) is 3.43. The Hall–Kier alpha value is -1.55. The van der Waals surface area contributed by atoms with Crippen LogP contribution in [0.1, 0.15) is 43.2 Å². The van der Waals surface area contributed by atoms with Crippen LogP contribution in [0.5, 0.6) is 0 Å². The van der Waals surface area contributed by atoms with Gasteiger partial charge in [0.05, 0.1) is 6.10 Å². The van der Waals surface area contributed by atoms with E-state index in [1.807, 2.05) is 0 Å². The van der Waals surface area contributed by atoms with Gasteiger partial charge in [-0.25, -0.2) is 0 Å². The Kier molecular flexibility index (Phi) is 4.98. The van der Waals surface area contributed by atoms with Crippen LogP contribution >= 0.6 is 0 Å². The van der Waals surface area contributed by atoms with E-state index >= 15 is 0 Å². The maximum atomic E-state index is 9.74. The highest BCUT2D eigenvalue weighted by Gasteiger charge is 2.24. The first-order chi connectivity index (χ1) is 10.8. The number of aliphatic imine (C=N–C) groups is 1. The van der Waals surface area contributed by atoms with Gasteiger partial charge in [0, 0.05) is 32.1 Å². The lowest BCUT2D eigenvalue weighted by Gasteiger charge is -2.26. The molecule has 0 bridgehead atoms. The lowest BCUT2D eigenvalue weighted by atomic mass is 9.83. The number of aliphatic hydroxyl groups excluding tert-OH is 1. The molecule has 0 amide bonds. The number of nitrogens with zero attached hydrogens (tertiary/aromatic N) is 2. The van der Waals surface area contributed by atoms with Gasteiger partial charge in [-0.2, -0.15) is 0 Å². The first-order valence-corrected chi connectivity index (χ1v) is 8.57. The van der Waals surface area contributed by atoms with Gasteiger partial charge in [-0.1, -0.05) is 24.3 Å². The Morgan fingerprint density at radius 3 is 3.00 bits per heavy atom. The van der Waals surface area contributed by atoms with Gasteiger partial charge in [0.2, 0.25) is 0 Å². The van der Waals surface area contributed by atoms with E-state index in [1.165, 1.54) is 30.4 Å². The summed E-state index contributed by atoms with van der Waals surface area (Å²) in [6.07, 6.45) is 4.32. The average molecular weight is 301 g/mol. The molecule has 1 heterocycles. The summed E-state index contributed by atoms with van der Waals surface area (Å²) in [5.41, 5.74) is 2.98. The van der Waals surface area contributed by atoms with Crippen molar-refractivity contribution < 1.29 is 5.11 Å². The summed E-state index contributed by atoms with van der Waals surface area (Å²) >= 11 is 0. The Balaban J connectivity index is 1.71. The molecule has 0 spiro atoms. The number of rotatable bonds is 3. The number of nitrogens with one attached hydrogen (secondary N) is 1. The monoisotopic (exact) mass is 301 g/mol. The minimum Gasteiger partial charge on any atom is -0.391 e. The van der Waals surface area contributed by atoms with Crippen molar-refractivity contribution in [2.45, 2.75) is 44.6 Å². The Bertz CT molecular complexity index is 529. The molecule has 22 heavy (non-hydrogen) atoms. The molecule has 1 aromatic rings. The summed E-state index contributed by atoms with van der Waals surface area (Å²) in [6.45, 7) is 5.40. The van der Waals surface area contributed by atoms with Gasteiger partial charge >= 0.3 is 0 Å². The minimum absolute atomic E-state index is 0.209. The molecule has 1 aromatic carbocycles. The first kappa shape index (κ1) is 15.3. The van der Waals surface area contributed by atoms with Gasteiger partial charge in [0.1, 0.15) is 0 Å². The predicted octanol–water partition coefficient (Wildman–Crippen LogP) is 2.14. The highest BCUT2D eigenvalue weighted by atomic mass is 16.3. The summed E-state index contributed by atoms with van der Waals surface area (Å²) in [5, 5.41) is 13.1. The van der Waals surface area contributed by atoms with Crippen LogP contribution < -0.4 is 5.32 Å². The molecule has 2 N–H and O–H groups in total. The Morgan fingerprint density at radius 2 is 2.23 bits per heavy atom. The zero-order valence-electron chi connectivity index (χ0n) is 13.5. The molecule has 120 valence electrons. The zero-order chi connectivity index (χ0) is 15.4. The second-order valence-corrected chi connectivity index (χ2v) is 6.37. The second kappa shape index (κ2) is 7.14. The molecule has 1 aliphatic heterocycles. The van der Waals surface area contributed by atoms with Gasteiger partial charge in [0.25, 0.3) is 0 Å². The lowest BCUT2D eigenvalue weighted by Crippen LogP contribution is -2.40. The Morgan fingerprint density at radius 1 is 1.36 bits per heavy atom. The van der Waals surface area contributed by atoms with Gasteiger partial charge in [0.15, 0.2) is 5.96 Å². The molecule has 2 atom stereocenters. The van der Waals surface area contributed by atoms with Crippen molar-refractivity contribution in [1.29, 1.82) is 0 Å². The highest BCUT2D eigenvalue weighted by Crippen LogP contribution is 2.31. The number of guanidine groups is 1. The third-order valence-electron chi connectivity index (χ3n) is 4.75. The van der Waals surface area contributed by atoms with Gasteiger partial charge < -0.3 is 15.3 Å². The van der Waals surface area contributed by atoms with Crippen LogP contribution in [0.3, 0.4) is 0 Å². The van der Waals surface area contributed by atoms with E-state index in [4.69, 9.17) is 4.99 Å². The van der Waals surface area contributed by atoms with Gasteiger partial charge in [-0.15, -0.1) is 0 Å². The van der Waals surface area contributed by atoms with Crippen LogP contribution in [0.25, 0.3) is 0 Å². The van der Waals surface area contributed by atoms with E-state index in [9.17, 15) is 5.11 Å². The van der Waals surface area contributed by atoms with Crippen LogP contribution in [-0.4, -0.2) is 48.2 Å². The van der Waals surface area contributed by atoms with Crippen LogP contribution in [0, 0.1) is 0 Å². The van der Waals surface area contributed by atoms with Crippen molar-refractivity contribution in [3.63, 3.8) is 0 Å². The Labute approximate surface area is 133 Å². The van der Waals surface area contributed by atoms with Crippen molar-refractivity contribution in [2.75, 3.05) is 26.2 Å². The number of aryl methyl sites for hydroxylation is 1. The van der Waals surface area contributed by atoms with Crippen molar-refractivity contribution in [3.8, 4) is 0 Å². The molecule has 4 heteroatoms. The summed E-state index contributed by atoms with van der Waals surface area (Å²) in [6, 6.07) is 8.80. The maximum absolute atomic E-state index is 9.74. The number of aliphatic hydroxyl groups is 1. The predicted molar refractivity (Wildman–Crippen MR) is 90.3 cm³/mol. The fourth-order valence-corrected chi connectivity index (χ4v) is 3.60. The second-order valence-electron chi connectivity index (χ2n) is 6.37. The minimum atomic E-state index is -0.209. The summed E-state index contributed by atoms with van der Waals surface area (Å²) in [7, 11) is 0. The van der Waals surface area contributed by atoms with Gasteiger partial charge in [-0.05, 0) is 43.7 Å². The van der Waals surface area contributed by atoms with Crippen LogP contribution in [0.4, 0.5) is 0 Å². The van der Waals surface area contributed by atoms with E-state index in [-0.39, 0.29) is 6.10 Å². The summed E-state index contributed by atoms with van der Waals surface area (Å²) < 4.78 is 0. The number of β-amino-alcohol motifs (C(OH)–C–C–N with tert-alkyl or cyclic N) is 1. The molecule has 1 aliphatic carbocycles. The molecule has 1 fully saturated rings. The maximum Gasteiger partial charge on any atom is 0.194 e. The van der Waals surface area contributed by atoms with E-state index in [0.29, 0.717) is 12.5 Å². The largest absolute Gasteiger partial charge is 0.391 e. The molecule has 2 aliphatic rings. The normalized spacial score (nSPS) is 25.2. The van der Waals surface area contributed by atoms with E-state index < -0.39 is 0 Å². The third-order valence-corrected chi connectivity index (χ3v) is 4.75. The van der Waals surface area contributed by atoms with Crippen molar-refractivity contribution in [3.05, 3.63) is 35.4 Å². The summed E-state index contributed by atoms with van der Waals surface area (Å²) in [5.74, 6) is 1.49. The topological polar surface area (TPSA) is 47.9 Å². The first-order valence-electron chi connectivity index (χ1n) is 8.57. The summed E-state index contributed by atoms with van der Waals surface area (Å²) in [4.78, 5) is 7.06. The molecule has 0 saturated carbocycles. The van der Waals surface area contributed by atoms with Crippen LogP contribution in [0.2, 0.25) is 0 Å². The number of likely N-dealkylation sites (tertiary alicyclic amines) is 1. The number of hydrogen-bond donors (Lipinski definition) is 2. The highest BCUT2D eigenvalue weighted by molar-refractivity contribution is 5.80. The smallest absolute Gasteiger partial charge is 0.194 e. The average Bonchev–Trinajstić information content (AvgIpc) is 2.98. The van der Waals surface area contributed by atoms with E-state index in [1.54, 1.807) is 0 Å². The molecule has 1 unspecified atom stereocenters. The van der Waals surface area contributed by atoms with Crippen molar-refractivity contribution >= 4 is 5.96 Å². The molecule has 3 rings (SSSR count). The number of benzene rings is 1. The number of fused-ring (bicyclic) bond motifs is 1. The standard InChI is InChI=1S/C18H27N3O/c1-2-19-18(21-11-10-16(22)13-21)20-12-15-8-5-7-14-6-3-4-9-17(14)15/h3-4,6,9,15-16,22H,2,5,7-8,10-13H2,1H3,(H,19,20)/t15?,16-/m1/s1. The number of hydrogen-bond acceptors (Lipinski definition) is 2. The van der Waals surface area contributed by atoms with E-state index in [2.05, 4.69) is 41.4 Å². The molecule has 4 nitrogen and oxygen atoms in total. The molecule has 0 aromatic heterocycles. The molecular formula is C18H27N3O. The van der Waals surface area contributed by atoms with Crippen molar-refractivity contribution in [2.24, 2.45) is 4.99 Å². The van der Waals surface area contributed by atoms with E-state index in [0.717, 1.165) is 32.0 Å². The molecule has 0 radical (unpaired) electrons. The molecular weight excluding hydrogens is 274 g/mol.